The molecule has 33 heavy (non-hydrogen) atoms. The van der Waals surface area contributed by atoms with Gasteiger partial charge in [0.15, 0.2) is 0 Å². The van der Waals surface area contributed by atoms with Crippen LogP contribution in [-0.2, 0) is 20.9 Å². The first-order valence-electron chi connectivity index (χ1n) is 10.6. The van der Waals surface area contributed by atoms with Crippen LogP contribution in [0.3, 0.4) is 0 Å². The molecular weight excluding hydrogens is 424 g/mol. The third-order valence-corrected chi connectivity index (χ3v) is 6.06. The van der Waals surface area contributed by atoms with Crippen molar-refractivity contribution in [1.29, 1.82) is 0 Å². The van der Waals surface area contributed by atoms with Crippen LogP contribution < -0.4 is 10.6 Å². The van der Waals surface area contributed by atoms with Crippen molar-refractivity contribution in [3.05, 3.63) is 72.1 Å². The molecule has 0 spiro atoms. The zero-order valence-corrected chi connectivity index (χ0v) is 17.7. The predicted octanol–water partition coefficient (Wildman–Crippen LogP) is 2.98. The summed E-state index contributed by atoms with van der Waals surface area (Å²) in [5, 5.41) is 18.1. The standard InChI is InChI=1S/C24H22N4O5/c29-21(30)13-28-12-15(11-25-28)26-22(31)24(9-10-24)27-23(32)33-14-20-18-7-3-1-5-16(18)17-6-2-4-8-19(17)20/h1-8,11-12,20H,9-10,13-14H2,(H,26,31)(H,27,32)(H,29,30). The van der Waals surface area contributed by atoms with Crippen molar-refractivity contribution < 1.29 is 24.2 Å². The third kappa shape index (κ3) is 4.05. The lowest BCUT2D eigenvalue weighted by Gasteiger charge is -2.18. The second-order valence-corrected chi connectivity index (χ2v) is 8.31. The molecule has 0 radical (unpaired) electrons. The highest BCUT2D eigenvalue weighted by molar-refractivity contribution is 6.02. The first-order valence-corrected chi connectivity index (χ1v) is 10.6. The summed E-state index contributed by atoms with van der Waals surface area (Å²) in [6, 6.07) is 16.1. The first-order chi connectivity index (χ1) is 15.9. The number of nitrogens with zero attached hydrogens (tertiary/aromatic N) is 2. The van der Waals surface area contributed by atoms with Gasteiger partial charge in [0.1, 0.15) is 18.7 Å². The number of rotatable bonds is 7. The summed E-state index contributed by atoms with van der Waals surface area (Å²) in [7, 11) is 0. The molecule has 9 heteroatoms. The van der Waals surface area contributed by atoms with Crippen molar-refractivity contribution in [2.75, 3.05) is 11.9 Å². The Hall–Kier alpha value is -4.14. The van der Waals surface area contributed by atoms with Crippen molar-refractivity contribution in [1.82, 2.24) is 15.1 Å². The summed E-state index contributed by atoms with van der Waals surface area (Å²) in [6.07, 6.45) is 3.13. The van der Waals surface area contributed by atoms with Gasteiger partial charge in [0, 0.05) is 12.1 Å². The van der Waals surface area contributed by atoms with E-state index < -0.39 is 17.6 Å². The van der Waals surface area contributed by atoms with Crippen LogP contribution in [0.1, 0.15) is 29.9 Å². The number of benzene rings is 2. The van der Waals surface area contributed by atoms with Gasteiger partial charge in [-0.2, -0.15) is 5.10 Å². The maximum Gasteiger partial charge on any atom is 0.408 e. The average Bonchev–Trinajstić information content (AvgIpc) is 3.34. The number of hydrogen-bond acceptors (Lipinski definition) is 5. The summed E-state index contributed by atoms with van der Waals surface area (Å²) in [6.45, 7) is -0.140. The number of anilines is 1. The van der Waals surface area contributed by atoms with Gasteiger partial charge in [0.05, 0.1) is 11.9 Å². The SMILES string of the molecule is O=C(O)Cn1cc(NC(=O)C2(NC(=O)OCC3c4ccccc4-c4ccccc43)CC2)cn1. The monoisotopic (exact) mass is 446 g/mol. The lowest BCUT2D eigenvalue weighted by Crippen LogP contribution is -2.46. The molecule has 0 unspecified atom stereocenters. The largest absolute Gasteiger partial charge is 0.480 e. The number of ether oxygens (including phenoxy) is 1. The van der Waals surface area contributed by atoms with Gasteiger partial charge >= 0.3 is 12.1 Å². The van der Waals surface area contributed by atoms with E-state index in [4.69, 9.17) is 9.84 Å². The smallest absolute Gasteiger partial charge is 0.408 e. The van der Waals surface area contributed by atoms with Gasteiger partial charge < -0.3 is 20.5 Å². The lowest BCUT2D eigenvalue weighted by atomic mass is 9.98. The predicted molar refractivity (Wildman–Crippen MR) is 119 cm³/mol. The second-order valence-electron chi connectivity index (χ2n) is 8.31. The Bertz CT molecular complexity index is 1200. The number of alkyl carbamates (subject to hydrolysis) is 1. The molecule has 0 atom stereocenters. The third-order valence-electron chi connectivity index (χ3n) is 6.06. The molecule has 168 valence electrons. The van der Waals surface area contributed by atoms with E-state index in [2.05, 4.69) is 27.9 Å². The van der Waals surface area contributed by atoms with E-state index in [1.807, 2.05) is 36.4 Å². The minimum absolute atomic E-state index is 0.0628. The van der Waals surface area contributed by atoms with E-state index >= 15 is 0 Å². The van der Waals surface area contributed by atoms with Crippen molar-refractivity contribution >= 4 is 23.7 Å². The molecule has 2 amide bonds. The van der Waals surface area contributed by atoms with Crippen molar-refractivity contribution in [2.45, 2.75) is 30.8 Å². The van der Waals surface area contributed by atoms with Crippen LogP contribution >= 0.6 is 0 Å². The number of aliphatic carboxylic acids is 1. The highest BCUT2D eigenvalue weighted by Crippen LogP contribution is 2.44. The Morgan fingerprint density at radius 2 is 1.70 bits per heavy atom. The summed E-state index contributed by atoms with van der Waals surface area (Å²) in [5.74, 6) is -1.48. The molecule has 2 aromatic carbocycles. The van der Waals surface area contributed by atoms with E-state index in [-0.39, 0.29) is 25.0 Å². The van der Waals surface area contributed by atoms with Gasteiger partial charge in [0.2, 0.25) is 5.91 Å². The van der Waals surface area contributed by atoms with Gasteiger partial charge in [-0.15, -0.1) is 0 Å². The molecule has 3 N–H and O–H groups in total. The van der Waals surface area contributed by atoms with Crippen LogP contribution in [0.15, 0.2) is 60.9 Å². The fourth-order valence-electron chi connectivity index (χ4n) is 4.27. The van der Waals surface area contributed by atoms with Crippen LogP contribution in [0.5, 0.6) is 0 Å². The fraction of sp³-hybridized carbons (Fsp3) is 0.250. The summed E-state index contributed by atoms with van der Waals surface area (Å²) in [5.41, 5.74) is 3.85. The number of amides is 2. The Kier molecular flexibility index (Phi) is 5.08. The zero-order chi connectivity index (χ0) is 23.0. The highest BCUT2D eigenvalue weighted by atomic mass is 16.5. The molecule has 1 aromatic heterocycles. The molecule has 2 aliphatic carbocycles. The van der Waals surface area contributed by atoms with E-state index in [0.29, 0.717) is 18.5 Å². The number of carboxylic acid groups (broad SMARTS) is 1. The van der Waals surface area contributed by atoms with Crippen LogP contribution in [0.4, 0.5) is 10.5 Å². The van der Waals surface area contributed by atoms with Crippen LogP contribution in [0, 0.1) is 0 Å². The number of nitrogens with one attached hydrogen (secondary N) is 2. The molecule has 0 aliphatic heterocycles. The molecule has 1 heterocycles. The van der Waals surface area contributed by atoms with Crippen LogP contribution in [0.2, 0.25) is 0 Å². The number of carboxylic acids is 1. The number of hydrogen-bond donors (Lipinski definition) is 3. The van der Waals surface area contributed by atoms with Crippen molar-refractivity contribution in [3.63, 3.8) is 0 Å². The zero-order valence-electron chi connectivity index (χ0n) is 17.7. The summed E-state index contributed by atoms with van der Waals surface area (Å²) >= 11 is 0. The maximum atomic E-state index is 12.7. The molecule has 5 rings (SSSR count). The second kappa shape index (κ2) is 8.09. The maximum absolute atomic E-state index is 12.7. The molecule has 2 aliphatic rings. The van der Waals surface area contributed by atoms with Crippen molar-refractivity contribution in [3.8, 4) is 11.1 Å². The molecule has 1 saturated carbocycles. The average molecular weight is 446 g/mol. The van der Waals surface area contributed by atoms with E-state index in [0.717, 1.165) is 22.3 Å². The molecule has 0 saturated heterocycles. The number of fused-ring (bicyclic) bond motifs is 3. The molecular formula is C24H22N4O5. The fourth-order valence-corrected chi connectivity index (χ4v) is 4.27. The molecule has 3 aromatic rings. The minimum atomic E-state index is -1.04. The van der Waals surface area contributed by atoms with Crippen LogP contribution in [-0.4, -0.2) is 45.0 Å². The molecule has 9 nitrogen and oxygen atoms in total. The lowest BCUT2D eigenvalue weighted by molar-refractivity contribution is -0.137. The van der Waals surface area contributed by atoms with Gasteiger partial charge in [-0.25, -0.2) is 4.79 Å². The molecule has 0 bridgehead atoms. The minimum Gasteiger partial charge on any atom is -0.480 e. The summed E-state index contributed by atoms with van der Waals surface area (Å²) < 4.78 is 6.76. The van der Waals surface area contributed by atoms with Crippen LogP contribution in [0.25, 0.3) is 11.1 Å². The highest BCUT2D eigenvalue weighted by Gasteiger charge is 2.52. The topological polar surface area (TPSA) is 123 Å². The Labute approximate surface area is 189 Å². The van der Waals surface area contributed by atoms with Gasteiger partial charge in [-0.3, -0.25) is 14.3 Å². The Morgan fingerprint density at radius 1 is 1.06 bits per heavy atom. The van der Waals surface area contributed by atoms with Gasteiger partial charge in [0.25, 0.3) is 0 Å². The van der Waals surface area contributed by atoms with Gasteiger partial charge in [-0.05, 0) is 35.1 Å². The number of carbonyl (C=O) groups excluding carboxylic acids is 2. The van der Waals surface area contributed by atoms with Gasteiger partial charge in [-0.1, -0.05) is 48.5 Å². The Morgan fingerprint density at radius 3 is 2.30 bits per heavy atom. The van der Waals surface area contributed by atoms with Crippen molar-refractivity contribution in [2.24, 2.45) is 0 Å². The number of aromatic nitrogens is 2. The van der Waals surface area contributed by atoms with E-state index in [1.165, 1.54) is 17.1 Å². The Balaban J connectivity index is 1.20. The first kappa shape index (κ1) is 20.7. The molecule has 1 fully saturated rings. The quantitative estimate of drug-likeness (QED) is 0.513. The van der Waals surface area contributed by atoms with E-state index in [9.17, 15) is 14.4 Å². The number of carbonyl (C=O) groups is 3. The van der Waals surface area contributed by atoms with E-state index in [1.54, 1.807) is 0 Å². The summed E-state index contributed by atoms with van der Waals surface area (Å²) in [4.78, 5) is 36.1. The normalized spacial score (nSPS) is 15.3.